The number of carbonyl (C=O) groups is 1. The van der Waals surface area contributed by atoms with Crippen molar-refractivity contribution in [3.05, 3.63) is 12.7 Å². The van der Waals surface area contributed by atoms with E-state index < -0.39 is 12.3 Å². The first-order chi connectivity index (χ1) is 5.98. The maximum absolute atomic E-state index is 10.2. The third-order valence-corrected chi connectivity index (χ3v) is 1.28. The fourth-order valence-corrected chi connectivity index (χ4v) is 0.692. The molecule has 0 rings (SSSR count). The second kappa shape index (κ2) is 7.32. The Bertz CT molecular complexity index is 178. The van der Waals surface area contributed by atoms with Crippen molar-refractivity contribution in [1.29, 1.82) is 0 Å². The summed E-state index contributed by atoms with van der Waals surface area (Å²) in [6.07, 6.45) is 2.32. The molecule has 11 heavy (non-hydrogen) atoms. The van der Waals surface area contributed by atoms with Crippen LogP contribution in [0.2, 0.25) is 0 Å². The molecule has 2 nitrogen and oxygen atoms in total. The molecule has 0 amide bonds. The molecule has 0 aliphatic heterocycles. The van der Waals surface area contributed by atoms with Gasteiger partial charge in [-0.2, -0.15) is 0 Å². The highest BCUT2D eigenvalue weighted by molar-refractivity contribution is 5.66. The van der Waals surface area contributed by atoms with E-state index in [9.17, 15) is 4.79 Å². The molecule has 0 spiro atoms. The highest BCUT2D eigenvalue weighted by atomic mass is 16.4. The molecule has 0 aromatic carbocycles. The predicted molar refractivity (Wildman–Crippen MR) is 45.5 cm³/mol. The molecular formula is C9H16O2. The number of carboxylic acid groups (broad SMARTS) is 1. The molecule has 0 aliphatic rings. The molecule has 0 heterocycles. The third kappa shape index (κ3) is 9.21. The fraction of sp³-hybridized carbons (Fsp3) is 0.667. The standard InChI is InChI=1S/C9H16O2/c1-2-3-4-5-6-7-8-9(10)11/h2H,1,3-8H2,(H,10,11)/i6D2. The number of rotatable bonds is 7. The largest absolute Gasteiger partial charge is 0.481 e. The summed E-state index contributed by atoms with van der Waals surface area (Å²) >= 11 is 0. The van der Waals surface area contributed by atoms with Gasteiger partial charge in [-0.3, -0.25) is 4.79 Å². The van der Waals surface area contributed by atoms with E-state index >= 15 is 0 Å². The Kier molecular flexibility index (Phi) is 4.59. The molecule has 0 atom stereocenters. The molecule has 0 fully saturated rings. The summed E-state index contributed by atoms with van der Waals surface area (Å²) < 4.78 is 14.9. The average Bonchev–Trinajstić information content (AvgIpc) is 2.02. The van der Waals surface area contributed by atoms with Crippen LogP contribution >= 0.6 is 0 Å². The lowest BCUT2D eigenvalue weighted by molar-refractivity contribution is -0.137. The minimum absolute atomic E-state index is 0.0961. The van der Waals surface area contributed by atoms with Gasteiger partial charge < -0.3 is 5.11 Å². The van der Waals surface area contributed by atoms with Crippen molar-refractivity contribution in [3.8, 4) is 0 Å². The Morgan fingerprint density at radius 2 is 2.27 bits per heavy atom. The first-order valence-corrected chi connectivity index (χ1v) is 3.80. The van der Waals surface area contributed by atoms with E-state index in [2.05, 4.69) is 6.58 Å². The minimum Gasteiger partial charge on any atom is -0.481 e. The lowest BCUT2D eigenvalue weighted by Crippen LogP contribution is -1.93. The number of unbranched alkanes of at least 4 members (excludes halogenated alkanes) is 1. The molecule has 0 aliphatic carbocycles. The van der Waals surface area contributed by atoms with E-state index in [4.69, 9.17) is 7.85 Å². The number of carboxylic acids is 1. The molecule has 0 aromatic heterocycles. The summed E-state index contributed by atoms with van der Waals surface area (Å²) in [5.41, 5.74) is 0. The van der Waals surface area contributed by atoms with Crippen LogP contribution in [0.4, 0.5) is 0 Å². The summed E-state index contributed by atoms with van der Waals surface area (Å²) in [5, 5.41) is 8.37. The minimum atomic E-state index is -1.35. The van der Waals surface area contributed by atoms with E-state index in [1.54, 1.807) is 6.08 Å². The fourth-order valence-electron chi connectivity index (χ4n) is 0.692. The number of allylic oxidation sites excluding steroid dienone is 1. The van der Waals surface area contributed by atoms with Crippen LogP contribution in [0.5, 0.6) is 0 Å². The zero-order valence-electron chi connectivity index (χ0n) is 8.68. The van der Waals surface area contributed by atoms with Crippen LogP contribution in [0.3, 0.4) is 0 Å². The SMILES string of the molecule is [2H]C([2H])(CCCC=C)CCC(=O)O. The summed E-state index contributed by atoms with van der Waals surface area (Å²) in [5.74, 6) is -0.937. The second-order valence-electron chi connectivity index (χ2n) is 2.32. The second-order valence-corrected chi connectivity index (χ2v) is 2.32. The van der Waals surface area contributed by atoms with Gasteiger partial charge in [0, 0.05) is 9.16 Å². The molecule has 0 radical (unpaired) electrons. The van der Waals surface area contributed by atoms with Crippen molar-refractivity contribution in [1.82, 2.24) is 0 Å². The zero-order chi connectivity index (χ0) is 10.3. The summed E-state index contributed by atoms with van der Waals surface area (Å²) in [6.45, 7) is 3.54. The maximum atomic E-state index is 10.2. The van der Waals surface area contributed by atoms with Gasteiger partial charge in [-0.15, -0.1) is 6.58 Å². The van der Waals surface area contributed by atoms with Crippen LogP contribution < -0.4 is 0 Å². The Morgan fingerprint density at radius 1 is 1.55 bits per heavy atom. The highest BCUT2D eigenvalue weighted by Gasteiger charge is 1.94. The molecule has 2 heteroatoms. The highest BCUT2D eigenvalue weighted by Crippen LogP contribution is 2.04. The van der Waals surface area contributed by atoms with Gasteiger partial charge in [0.05, 0.1) is 0 Å². The van der Waals surface area contributed by atoms with E-state index in [0.717, 1.165) is 12.8 Å². The molecule has 1 N–H and O–H groups in total. The predicted octanol–water partition coefficient (Wildman–Crippen LogP) is 2.60. The zero-order valence-corrected chi connectivity index (χ0v) is 6.68. The van der Waals surface area contributed by atoms with Crippen LogP contribution in [0.15, 0.2) is 12.7 Å². The van der Waals surface area contributed by atoms with Crippen molar-refractivity contribution in [2.75, 3.05) is 0 Å². The Labute approximate surface area is 70.7 Å². The number of aliphatic carboxylic acids is 1. The van der Waals surface area contributed by atoms with Crippen LogP contribution in [-0.4, -0.2) is 11.1 Å². The monoisotopic (exact) mass is 158 g/mol. The van der Waals surface area contributed by atoms with Gasteiger partial charge in [0.1, 0.15) is 0 Å². The normalized spacial score (nSPS) is 13.5. The molecule has 64 valence electrons. The van der Waals surface area contributed by atoms with Crippen molar-refractivity contribution in [2.24, 2.45) is 0 Å². The molecular weight excluding hydrogens is 140 g/mol. The Morgan fingerprint density at radius 3 is 2.82 bits per heavy atom. The van der Waals surface area contributed by atoms with Crippen molar-refractivity contribution < 1.29 is 12.6 Å². The van der Waals surface area contributed by atoms with Crippen molar-refractivity contribution in [3.63, 3.8) is 0 Å². The van der Waals surface area contributed by atoms with Gasteiger partial charge >= 0.3 is 5.97 Å². The molecule has 0 unspecified atom stereocenters. The van der Waals surface area contributed by atoms with E-state index in [-0.39, 0.29) is 12.8 Å². The quantitative estimate of drug-likeness (QED) is 0.456. The van der Waals surface area contributed by atoms with Crippen LogP contribution in [0, 0.1) is 0 Å². The lowest BCUT2D eigenvalue weighted by atomic mass is 10.1. The van der Waals surface area contributed by atoms with Gasteiger partial charge in [0.2, 0.25) is 0 Å². The maximum Gasteiger partial charge on any atom is 0.303 e. The lowest BCUT2D eigenvalue weighted by Gasteiger charge is -1.95. The van der Waals surface area contributed by atoms with Gasteiger partial charge in [0.25, 0.3) is 0 Å². The smallest absolute Gasteiger partial charge is 0.303 e. The summed E-state index contributed by atoms with van der Waals surface area (Å²) in [6, 6.07) is 0. The average molecular weight is 158 g/mol. The van der Waals surface area contributed by atoms with Gasteiger partial charge in [-0.1, -0.05) is 18.9 Å². The number of hydrogen-bond donors (Lipinski definition) is 1. The Hall–Kier alpha value is -0.790. The Balaban J connectivity index is 3.65. The van der Waals surface area contributed by atoms with Crippen LogP contribution in [-0.2, 0) is 4.79 Å². The molecule has 0 saturated carbocycles. The van der Waals surface area contributed by atoms with Gasteiger partial charge in [-0.25, -0.2) is 0 Å². The first-order valence-electron chi connectivity index (χ1n) is 4.80. The summed E-state index contributed by atoms with van der Waals surface area (Å²) in [4.78, 5) is 10.2. The van der Waals surface area contributed by atoms with E-state index in [1.807, 2.05) is 0 Å². The third-order valence-electron chi connectivity index (χ3n) is 1.28. The van der Waals surface area contributed by atoms with Crippen molar-refractivity contribution in [2.45, 2.75) is 38.5 Å². The van der Waals surface area contributed by atoms with E-state index in [1.165, 1.54) is 0 Å². The first kappa shape index (κ1) is 6.89. The topological polar surface area (TPSA) is 37.3 Å². The molecule has 0 saturated heterocycles. The van der Waals surface area contributed by atoms with Gasteiger partial charge in [0.15, 0.2) is 0 Å². The molecule has 0 bridgehead atoms. The van der Waals surface area contributed by atoms with E-state index in [0.29, 0.717) is 6.42 Å². The molecule has 0 aromatic rings. The van der Waals surface area contributed by atoms with Gasteiger partial charge in [-0.05, 0) is 19.3 Å². The number of hydrogen-bond acceptors (Lipinski definition) is 1. The van der Waals surface area contributed by atoms with Crippen molar-refractivity contribution >= 4 is 5.97 Å². The van der Waals surface area contributed by atoms with Crippen LogP contribution in [0.25, 0.3) is 0 Å². The summed E-state index contributed by atoms with van der Waals surface area (Å²) in [7, 11) is 0. The van der Waals surface area contributed by atoms with Crippen LogP contribution in [0.1, 0.15) is 41.2 Å².